The van der Waals surface area contributed by atoms with E-state index >= 15 is 0 Å². The Balaban J connectivity index is 2.22. The smallest absolute Gasteiger partial charge is 0.123 e. The molecule has 0 saturated carbocycles. The summed E-state index contributed by atoms with van der Waals surface area (Å²) in [6.07, 6.45) is 0.494. The number of anilines is 1. The van der Waals surface area contributed by atoms with Crippen LogP contribution in [0.2, 0.25) is 0 Å². The van der Waals surface area contributed by atoms with Crippen LogP contribution in [0.3, 0.4) is 0 Å². The number of likely N-dealkylation sites (N-methyl/N-ethyl adjacent to an activating group) is 1. The van der Waals surface area contributed by atoms with Gasteiger partial charge in [0.05, 0.1) is 18.5 Å². The van der Waals surface area contributed by atoms with Gasteiger partial charge in [0, 0.05) is 24.8 Å². The molecule has 2 atom stereocenters. The zero-order valence-corrected chi connectivity index (χ0v) is 10.8. The molecule has 0 aliphatic carbocycles. The zero-order chi connectivity index (χ0) is 13.1. The van der Waals surface area contributed by atoms with Crippen molar-refractivity contribution < 1.29 is 4.39 Å². The summed E-state index contributed by atoms with van der Waals surface area (Å²) in [4.78, 5) is 4.48. The Labute approximate surface area is 107 Å². The van der Waals surface area contributed by atoms with E-state index in [-0.39, 0.29) is 11.9 Å². The Morgan fingerprint density at radius 1 is 1.33 bits per heavy atom. The average molecular weight is 247 g/mol. The van der Waals surface area contributed by atoms with Gasteiger partial charge < -0.3 is 4.90 Å². The summed E-state index contributed by atoms with van der Waals surface area (Å²) in [7, 11) is 2.08. The first-order valence-corrected chi connectivity index (χ1v) is 6.21. The van der Waals surface area contributed by atoms with E-state index in [1.165, 1.54) is 12.1 Å². The van der Waals surface area contributed by atoms with Crippen molar-refractivity contribution >= 4 is 5.69 Å². The number of hydrogen-bond acceptors (Lipinski definition) is 3. The summed E-state index contributed by atoms with van der Waals surface area (Å²) in [5.74, 6) is -0.224. The summed E-state index contributed by atoms with van der Waals surface area (Å²) in [5, 5.41) is 8.92. The molecule has 1 aliphatic rings. The minimum atomic E-state index is -0.224. The highest BCUT2D eigenvalue weighted by atomic mass is 19.1. The molecule has 1 heterocycles. The van der Waals surface area contributed by atoms with Gasteiger partial charge in [0.1, 0.15) is 5.82 Å². The molecule has 2 unspecified atom stereocenters. The Bertz CT molecular complexity index is 437. The average Bonchev–Trinajstić information content (AvgIpc) is 2.35. The zero-order valence-electron chi connectivity index (χ0n) is 10.8. The summed E-state index contributed by atoms with van der Waals surface area (Å²) in [6, 6.07) is 9.39. The van der Waals surface area contributed by atoms with Crippen molar-refractivity contribution in [3.8, 4) is 6.07 Å². The number of rotatable bonds is 2. The van der Waals surface area contributed by atoms with Gasteiger partial charge in [0.15, 0.2) is 0 Å². The lowest BCUT2D eigenvalue weighted by Gasteiger charge is -2.44. The van der Waals surface area contributed by atoms with Crippen LogP contribution in [0, 0.1) is 17.1 Å². The van der Waals surface area contributed by atoms with E-state index in [2.05, 4.69) is 29.8 Å². The van der Waals surface area contributed by atoms with Crippen LogP contribution in [0.4, 0.5) is 10.1 Å². The Morgan fingerprint density at radius 3 is 2.61 bits per heavy atom. The molecule has 1 aliphatic heterocycles. The van der Waals surface area contributed by atoms with Crippen molar-refractivity contribution in [2.45, 2.75) is 25.4 Å². The second kappa shape index (κ2) is 5.36. The normalized spacial score (nSPS) is 24.9. The molecular formula is C14H18FN3. The quantitative estimate of drug-likeness (QED) is 0.803. The van der Waals surface area contributed by atoms with E-state index < -0.39 is 0 Å². The third-order valence-electron chi connectivity index (χ3n) is 3.64. The van der Waals surface area contributed by atoms with Crippen LogP contribution in [0.1, 0.15) is 13.3 Å². The van der Waals surface area contributed by atoms with Crippen molar-refractivity contribution in [3.63, 3.8) is 0 Å². The fraction of sp³-hybridized carbons (Fsp3) is 0.500. The molecule has 0 N–H and O–H groups in total. The molecule has 4 heteroatoms. The second-order valence-corrected chi connectivity index (χ2v) is 4.93. The molecule has 3 nitrogen and oxygen atoms in total. The molecule has 18 heavy (non-hydrogen) atoms. The van der Waals surface area contributed by atoms with Gasteiger partial charge in [-0.2, -0.15) is 5.26 Å². The lowest BCUT2D eigenvalue weighted by molar-refractivity contribution is 0.201. The fourth-order valence-corrected chi connectivity index (χ4v) is 2.41. The highest BCUT2D eigenvalue weighted by Gasteiger charge is 2.29. The van der Waals surface area contributed by atoms with Gasteiger partial charge in [-0.15, -0.1) is 0 Å². The molecular weight excluding hydrogens is 229 g/mol. The van der Waals surface area contributed by atoms with E-state index in [0.717, 1.165) is 18.8 Å². The van der Waals surface area contributed by atoms with E-state index in [1.807, 2.05) is 0 Å². The first kappa shape index (κ1) is 12.8. The van der Waals surface area contributed by atoms with Crippen LogP contribution >= 0.6 is 0 Å². The van der Waals surface area contributed by atoms with Crippen molar-refractivity contribution in [3.05, 3.63) is 30.1 Å². The van der Waals surface area contributed by atoms with Gasteiger partial charge in [-0.3, -0.25) is 4.90 Å². The lowest BCUT2D eigenvalue weighted by Crippen LogP contribution is -2.56. The summed E-state index contributed by atoms with van der Waals surface area (Å²) in [6.45, 7) is 3.90. The summed E-state index contributed by atoms with van der Waals surface area (Å²) < 4.78 is 13.0. The minimum absolute atomic E-state index is 0.182. The molecule has 2 rings (SSSR count). The SMILES string of the molecule is CC1CN(c2ccc(F)cc2)C(CC#N)CN1C. The molecule has 96 valence electrons. The van der Waals surface area contributed by atoms with Gasteiger partial charge >= 0.3 is 0 Å². The number of piperazine rings is 1. The Morgan fingerprint density at radius 2 is 2.00 bits per heavy atom. The second-order valence-electron chi connectivity index (χ2n) is 4.93. The predicted octanol–water partition coefficient (Wildman–Crippen LogP) is 2.25. The number of nitriles is 1. The molecule has 1 fully saturated rings. The molecule has 0 radical (unpaired) electrons. The predicted molar refractivity (Wildman–Crippen MR) is 69.9 cm³/mol. The van der Waals surface area contributed by atoms with Crippen molar-refractivity contribution in [2.24, 2.45) is 0 Å². The number of halogens is 1. The number of nitrogens with zero attached hydrogens (tertiary/aromatic N) is 3. The fourth-order valence-electron chi connectivity index (χ4n) is 2.41. The molecule has 1 aromatic rings. The van der Waals surface area contributed by atoms with Crippen LogP contribution in [0.25, 0.3) is 0 Å². The van der Waals surface area contributed by atoms with Gasteiger partial charge in [-0.1, -0.05) is 0 Å². The van der Waals surface area contributed by atoms with Gasteiger partial charge in [0.25, 0.3) is 0 Å². The van der Waals surface area contributed by atoms with E-state index in [1.54, 1.807) is 12.1 Å². The van der Waals surface area contributed by atoms with Crippen molar-refractivity contribution in [2.75, 3.05) is 25.0 Å². The Kier molecular flexibility index (Phi) is 3.83. The van der Waals surface area contributed by atoms with E-state index in [0.29, 0.717) is 12.5 Å². The van der Waals surface area contributed by atoms with Crippen LogP contribution in [-0.2, 0) is 0 Å². The van der Waals surface area contributed by atoms with Gasteiger partial charge in [-0.05, 0) is 38.2 Å². The van der Waals surface area contributed by atoms with Crippen LogP contribution in [0.15, 0.2) is 24.3 Å². The maximum absolute atomic E-state index is 13.0. The van der Waals surface area contributed by atoms with Gasteiger partial charge in [0.2, 0.25) is 0 Å². The van der Waals surface area contributed by atoms with Crippen LogP contribution in [0.5, 0.6) is 0 Å². The van der Waals surface area contributed by atoms with Crippen LogP contribution < -0.4 is 4.90 Å². The lowest BCUT2D eigenvalue weighted by atomic mass is 10.0. The minimum Gasteiger partial charge on any atom is -0.365 e. The first-order valence-electron chi connectivity index (χ1n) is 6.21. The van der Waals surface area contributed by atoms with Crippen molar-refractivity contribution in [1.29, 1.82) is 5.26 Å². The number of hydrogen-bond donors (Lipinski definition) is 0. The molecule has 0 spiro atoms. The monoisotopic (exact) mass is 247 g/mol. The highest BCUT2D eigenvalue weighted by Crippen LogP contribution is 2.24. The largest absolute Gasteiger partial charge is 0.365 e. The third kappa shape index (κ3) is 2.62. The molecule has 0 amide bonds. The summed E-state index contributed by atoms with van der Waals surface area (Å²) in [5.41, 5.74) is 0.997. The molecule has 1 saturated heterocycles. The standard InChI is InChI=1S/C14H18FN3/c1-11-9-18(13-5-3-12(15)4-6-13)14(7-8-16)10-17(11)2/h3-6,11,14H,7,9-10H2,1-2H3. The topological polar surface area (TPSA) is 30.3 Å². The van der Waals surface area contributed by atoms with Crippen LogP contribution in [-0.4, -0.2) is 37.1 Å². The van der Waals surface area contributed by atoms with E-state index in [4.69, 9.17) is 5.26 Å². The summed E-state index contributed by atoms with van der Waals surface area (Å²) >= 11 is 0. The first-order chi connectivity index (χ1) is 8.61. The molecule has 0 bridgehead atoms. The van der Waals surface area contributed by atoms with Gasteiger partial charge in [-0.25, -0.2) is 4.39 Å². The maximum Gasteiger partial charge on any atom is 0.123 e. The molecule has 0 aromatic heterocycles. The van der Waals surface area contributed by atoms with E-state index in [9.17, 15) is 4.39 Å². The highest BCUT2D eigenvalue weighted by molar-refractivity contribution is 5.48. The molecule has 1 aromatic carbocycles. The number of benzene rings is 1. The third-order valence-corrected chi connectivity index (χ3v) is 3.64. The van der Waals surface area contributed by atoms with Crippen molar-refractivity contribution in [1.82, 2.24) is 4.90 Å². The maximum atomic E-state index is 13.0. The Hall–Kier alpha value is -1.60.